The van der Waals surface area contributed by atoms with Crippen LogP contribution in [-0.4, -0.2) is 35.4 Å². The lowest BCUT2D eigenvalue weighted by Crippen LogP contribution is -2.12. The van der Waals surface area contributed by atoms with Crippen LogP contribution in [0.3, 0.4) is 0 Å². The average molecular weight is 384 g/mol. The fourth-order valence-corrected chi connectivity index (χ4v) is 2.44. The standard InChI is InChI=1S/C20H20N2O6/c1-3-5-15-10-14(11-18(27-4-2)20(15)28-13-19(23)24)12-21-16-6-8-17(9-7-16)22(25)26/h3,6-12H,1,4-5,13H2,2H3,(H,23,24). The first-order chi connectivity index (χ1) is 13.4. The largest absolute Gasteiger partial charge is 0.490 e. The number of non-ortho nitro benzene ring substituents is 1. The van der Waals surface area contributed by atoms with Gasteiger partial charge in [-0.1, -0.05) is 6.08 Å². The van der Waals surface area contributed by atoms with E-state index in [1.807, 2.05) is 6.92 Å². The van der Waals surface area contributed by atoms with Gasteiger partial charge in [0.2, 0.25) is 0 Å². The number of aliphatic imine (C=N–C) groups is 1. The SMILES string of the molecule is C=CCc1cc(C=Nc2ccc([N+](=O)[O-])cc2)cc(OCC)c1OCC(=O)O. The molecule has 0 heterocycles. The van der Waals surface area contributed by atoms with E-state index in [9.17, 15) is 14.9 Å². The van der Waals surface area contributed by atoms with Gasteiger partial charge in [-0.15, -0.1) is 6.58 Å². The Bertz CT molecular complexity index is 890. The van der Waals surface area contributed by atoms with Gasteiger partial charge in [-0.25, -0.2) is 4.79 Å². The second kappa shape index (κ2) is 9.86. The number of hydrogen-bond donors (Lipinski definition) is 1. The summed E-state index contributed by atoms with van der Waals surface area (Å²) in [6.45, 7) is 5.41. The predicted octanol–water partition coefficient (Wildman–Crippen LogP) is 3.94. The van der Waals surface area contributed by atoms with E-state index in [0.717, 1.165) is 0 Å². The summed E-state index contributed by atoms with van der Waals surface area (Å²) in [7, 11) is 0. The second-order valence-corrected chi connectivity index (χ2v) is 5.65. The maximum Gasteiger partial charge on any atom is 0.341 e. The highest BCUT2D eigenvalue weighted by molar-refractivity contribution is 5.84. The van der Waals surface area contributed by atoms with Crippen LogP contribution >= 0.6 is 0 Å². The second-order valence-electron chi connectivity index (χ2n) is 5.65. The third kappa shape index (κ3) is 5.66. The van der Waals surface area contributed by atoms with E-state index in [1.54, 1.807) is 36.6 Å². The first-order valence-corrected chi connectivity index (χ1v) is 8.48. The molecule has 0 atom stereocenters. The zero-order chi connectivity index (χ0) is 20.5. The fraction of sp³-hybridized carbons (Fsp3) is 0.200. The van der Waals surface area contributed by atoms with Crippen molar-refractivity contribution in [2.75, 3.05) is 13.2 Å². The molecule has 0 saturated carbocycles. The van der Waals surface area contributed by atoms with Crippen molar-refractivity contribution < 1.29 is 24.3 Å². The van der Waals surface area contributed by atoms with Crippen molar-refractivity contribution in [3.05, 3.63) is 70.3 Å². The molecule has 0 fully saturated rings. The van der Waals surface area contributed by atoms with Crippen LogP contribution in [0.15, 0.2) is 54.0 Å². The first kappa shape index (κ1) is 20.6. The minimum absolute atomic E-state index is 0.00853. The van der Waals surface area contributed by atoms with Gasteiger partial charge in [-0.05, 0) is 43.2 Å². The third-order valence-corrected chi connectivity index (χ3v) is 3.58. The number of hydrogen-bond acceptors (Lipinski definition) is 6. The minimum atomic E-state index is -1.09. The molecule has 0 aliphatic rings. The number of rotatable bonds is 10. The molecule has 2 aromatic carbocycles. The summed E-state index contributed by atoms with van der Waals surface area (Å²) in [5, 5.41) is 19.6. The zero-order valence-electron chi connectivity index (χ0n) is 15.3. The van der Waals surface area contributed by atoms with Crippen LogP contribution in [0.2, 0.25) is 0 Å². The number of ether oxygens (including phenoxy) is 2. The number of allylic oxidation sites excluding steroid dienone is 1. The molecule has 146 valence electrons. The Morgan fingerprint density at radius 3 is 2.57 bits per heavy atom. The number of carboxylic acid groups (broad SMARTS) is 1. The molecule has 1 N–H and O–H groups in total. The van der Waals surface area contributed by atoms with Crippen LogP contribution in [0.1, 0.15) is 18.1 Å². The van der Waals surface area contributed by atoms with Crippen LogP contribution in [-0.2, 0) is 11.2 Å². The molecule has 0 aliphatic carbocycles. The molecule has 0 radical (unpaired) electrons. The van der Waals surface area contributed by atoms with Crippen LogP contribution < -0.4 is 9.47 Å². The molecule has 8 nitrogen and oxygen atoms in total. The average Bonchev–Trinajstić information content (AvgIpc) is 2.66. The molecule has 0 amide bonds. The van der Waals surface area contributed by atoms with E-state index in [2.05, 4.69) is 11.6 Å². The van der Waals surface area contributed by atoms with Gasteiger partial charge in [-0.2, -0.15) is 0 Å². The Labute approximate surface area is 161 Å². The lowest BCUT2D eigenvalue weighted by atomic mass is 10.1. The molecule has 0 aliphatic heterocycles. The molecule has 0 aromatic heterocycles. The molecular weight excluding hydrogens is 364 g/mol. The Balaban J connectivity index is 2.35. The van der Waals surface area contributed by atoms with Gasteiger partial charge in [0.05, 0.1) is 17.2 Å². The van der Waals surface area contributed by atoms with Crippen molar-refractivity contribution >= 4 is 23.6 Å². The zero-order valence-corrected chi connectivity index (χ0v) is 15.3. The molecule has 2 aromatic rings. The summed E-state index contributed by atoms with van der Waals surface area (Å²) in [4.78, 5) is 25.4. The summed E-state index contributed by atoms with van der Waals surface area (Å²) in [5.41, 5.74) is 1.97. The lowest BCUT2D eigenvalue weighted by Gasteiger charge is -2.15. The van der Waals surface area contributed by atoms with Gasteiger partial charge in [0.1, 0.15) is 0 Å². The van der Waals surface area contributed by atoms with Gasteiger partial charge in [0, 0.05) is 23.9 Å². The Kier molecular flexibility index (Phi) is 7.27. The fourth-order valence-electron chi connectivity index (χ4n) is 2.44. The number of aliphatic carboxylic acids is 1. The summed E-state index contributed by atoms with van der Waals surface area (Å²) in [6.07, 6.45) is 3.72. The maximum atomic E-state index is 10.9. The van der Waals surface area contributed by atoms with Crippen molar-refractivity contribution in [3.8, 4) is 11.5 Å². The summed E-state index contributed by atoms with van der Waals surface area (Å²) < 4.78 is 11.0. The molecule has 28 heavy (non-hydrogen) atoms. The number of nitrogens with zero attached hydrogens (tertiary/aromatic N) is 2. The summed E-state index contributed by atoms with van der Waals surface area (Å²) >= 11 is 0. The van der Waals surface area contributed by atoms with Gasteiger partial charge in [0.15, 0.2) is 18.1 Å². The Morgan fingerprint density at radius 1 is 1.29 bits per heavy atom. The van der Waals surface area contributed by atoms with Crippen LogP contribution in [0.4, 0.5) is 11.4 Å². The van der Waals surface area contributed by atoms with Crippen LogP contribution in [0.25, 0.3) is 0 Å². The van der Waals surface area contributed by atoms with Crippen molar-refractivity contribution in [2.24, 2.45) is 4.99 Å². The highest BCUT2D eigenvalue weighted by Gasteiger charge is 2.14. The van der Waals surface area contributed by atoms with Crippen LogP contribution in [0, 0.1) is 10.1 Å². The molecule has 0 saturated heterocycles. The monoisotopic (exact) mass is 384 g/mol. The lowest BCUT2D eigenvalue weighted by molar-refractivity contribution is -0.384. The van der Waals surface area contributed by atoms with Crippen molar-refractivity contribution in [3.63, 3.8) is 0 Å². The number of carboxylic acids is 1. The Morgan fingerprint density at radius 2 is 2.00 bits per heavy atom. The summed E-state index contributed by atoms with van der Waals surface area (Å²) in [5.74, 6) is -0.319. The number of benzene rings is 2. The normalized spacial score (nSPS) is 10.6. The van der Waals surface area contributed by atoms with Gasteiger partial charge in [0.25, 0.3) is 5.69 Å². The van der Waals surface area contributed by atoms with Crippen LogP contribution in [0.5, 0.6) is 11.5 Å². The van der Waals surface area contributed by atoms with Gasteiger partial charge < -0.3 is 14.6 Å². The highest BCUT2D eigenvalue weighted by atomic mass is 16.6. The molecule has 0 spiro atoms. The van der Waals surface area contributed by atoms with Crippen molar-refractivity contribution in [2.45, 2.75) is 13.3 Å². The molecule has 2 rings (SSSR count). The number of nitro groups is 1. The van der Waals surface area contributed by atoms with Gasteiger partial charge in [-0.3, -0.25) is 15.1 Å². The predicted molar refractivity (Wildman–Crippen MR) is 105 cm³/mol. The highest BCUT2D eigenvalue weighted by Crippen LogP contribution is 2.34. The first-order valence-electron chi connectivity index (χ1n) is 8.48. The molecule has 0 unspecified atom stereocenters. The van der Waals surface area contributed by atoms with Crippen molar-refractivity contribution in [1.29, 1.82) is 0 Å². The quantitative estimate of drug-likeness (QED) is 0.287. The minimum Gasteiger partial charge on any atom is -0.490 e. The van der Waals surface area contributed by atoms with E-state index >= 15 is 0 Å². The van der Waals surface area contributed by atoms with E-state index < -0.39 is 17.5 Å². The number of nitro benzene ring substituents is 1. The Hall–Kier alpha value is -3.68. The number of carbonyl (C=O) groups is 1. The van der Waals surface area contributed by atoms with E-state index in [0.29, 0.717) is 41.3 Å². The molecule has 8 heteroatoms. The van der Waals surface area contributed by atoms with E-state index in [-0.39, 0.29) is 5.69 Å². The van der Waals surface area contributed by atoms with E-state index in [4.69, 9.17) is 14.6 Å². The molecular formula is C20H20N2O6. The molecule has 0 bridgehead atoms. The van der Waals surface area contributed by atoms with Gasteiger partial charge >= 0.3 is 5.97 Å². The smallest absolute Gasteiger partial charge is 0.341 e. The third-order valence-electron chi connectivity index (χ3n) is 3.58. The topological polar surface area (TPSA) is 111 Å². The van der Waals surface area contributed by atoms with Crippen molar-refractivity contribution in [1.82, 2.24) is 0 Å². The maximum absolute atomic E-state index is 10.9. The van der Waals surface area contributed by atoms with E-state index in [1.165, 1.54) is 12.1 Å². The summed E-state index contributed by atoms with van der Waals surface area (Å²) in [6, 6.07) is 9.35.